The summed E-state index contributed by atoms with van der Waals surface area (Å²) in [4.78, 5) is 168. The minimum atomic E-state index is -2.04. The van der Waals surface area contributed by atoms with Gasteiger partial charge >= 0.3 is 0 Å². The van der Waals surface area contributed by atoms with Crippen molar-refractivity contribution in [3.63, 3.8) is 0 Å². The average molecular weight is 3120 g/mol. The summed E-state index contributed by atoms with van der Waals surface area (Å²) in [6.45, 7) is -20.6. The van der Waals surface area contributed by atoms with Gasteiger partial charge in [0.05, 0.1) is 256 Å². The number of hydrogen-bond donors (Lipinski definition) is 24. The summed E-state index contributed by atoms with van der Waals surface area (Å²) in [5.41, 5.74) is 17.9. The number of nitrogens with two attached hydrogens (primary N) is 4. The number of halogens is 12. The highest BCUT2D eigenvalue weighted by atomic mass is 127. The zero-order chi connectivity index (χ0) is 94.8. The third-order valence-corrected chi connectivity index (χ3v) is 29.9. The molecule has 696 valence electrons. The zero-order valence-corrected chi connectivity index (χ0v) is 90.3. The lowest BCUT2D eigenvalue weighted by Gasteiger charge is -2.35. The molecular formula is C69H84I12N12O32. The lowest BCUT2D eigenvalue weighted by atomic mass is 9.92. The molecule has 0 aliphatic rings. The molecule has 8 atom stereocenters. The van der Waals surface area contributed by atoms with E-state index in [0.29, 0.717) is 0 Å². The van der Waals surface area contributed by atoms with Crippen molar-refractivity contribution in [2.75, 3.05) is 178 Å². The molecule has 0 heterocycles. The molecule has 0 bridgehead atoms. The van der Waals surface area contributed by atoms with Crippen LogP contribution in [0.3, 0.4) is 0 Å². The molecule has 8 unspecified atom stereocenters. The van der Waals surface area contributed by atoms with E-state index in [1.807, 2.05) is 0 Å². The second-order valence-electron chi connectivity index (χ2n) is 26.6. The van der Waals surface area contributed by atoms with Crippen molar-refractivity contribution in [2.24, 2.45) is 28.3 Å². The summed E-state index contributed by atoms with van der Waals surface area (Å²) >= 11 is 19.9. The van der Waals surface area contributed by atoms with Crippen molar-refractivity contribution in [3.8, 4) is 0 Å². The zero-order valence-electron chi connectivity index (χ0n) is 64.4. The molecule has 125 heavy (non-hydrogen) atoms. The molecule has 4 aromatic carbocycles. The Labute approximate surface area is 874 Å². The van der Waals surface area contributed by atoms with Gasteiger partial charge in [-0.3, -0.25) is 57.5 Å². The number of nitrogens with one attached hydrogen (secondary N) is 4. The monoisotopic (exact) mass is 3120 g/mol. The van der Waals surface area contributed by atoms with Crippen LogP contribution in [0, 0.1) is 48.3 Å². The van der Waals surface area contributed by atoms with Crippen LogP contribution in [-0.4, -0.2) is 359 Å². The highest BCUT2D eigenvalue weighted by Gasteiger charge is 2.41. The quantitative estimate of drug-likeness (QED) is 0.0186. The summed E-state index contributed by atoms with van der Waals surface area (Å²) in [5, 5.41) is 178. The number of amides is 12. The largest absolute Gasteiger partial charge is 0.394 e. The molecule has 0 radical (unpaired) electrons. The number of benzene rings is 4. The molecule has 0 spiro atoms. The molecule has 0 aliphatic carbocycles. The van der Waals surface area contributed by atoms with Gasteiger partial charge in [-0.05, 0) is 271 Å². The first-order valence-corrected chi connectivity index (χ1v) is 48.6. The molecule has 12 amide bonds. The van der Waals surface area contributed by atoms with Gasteiger partial charge in [0, 0.05) is 40.5 Å². The summed E-state index contributed by atoms with van der Waals surface area (Å²) in [6.07, 6.45) is -13.4. The predicted octanol–water partition coefficient (Wildman–Crippen LogP) is -4.43. The fourth-order valence-electron chi connectivity index (χ4n) is 11.2. The van der Waals surface area contributed by atoms with E-state index >= 15 is 0 Å². The Kier molecular flexibility index (Phi) is 51.4. The van der Waals surface area contributed by atoms with Crippen molar-refractivity contribution in [1.29, 1.82) is 0 Å². The van der Waals surface area contributed by atoms with Gasteiger partial charge in [0.1, 0.15) is 26.4 Å². The predicted molar refractivity (Wildman–Crippen MR) is 542 cm³/mol. The summed E-state index contributed by atoms with van der Waals surface area (Å²) in [5.74, 6) is -12.9. The Morgan fingerprint density at radius 2 is 0.432 bits per heavy atom. The number of nitrogens with zero attached hydrogens (tertiary/aromatic N) is 4. The molecule has 4 rings (SSSR count). The maximum Gasteiger partial charge on any atom is 0.253 e. The maximum absolute atomic E-state index is 14.0. The van der Waals surface area contributed by atoms with Crippen LogP contribution in [-0.2, 0) is 38.1 Å². The first kappa shape index (κ1) is 116. The first-order chi connectivity index (χ1) is 58.6. The van der Waals surface area contributed by atoms with Crippen molar-refractivity contribution >= 4 is 365 Å². The van der Waals surface area contributed by atoms with E-state index in [-0.39, 0.29) is 110 Å². The smallest absolute Gasteiger partial charge is 0.253 e. The standard InChI is InChI=1S/C69H84I12N12O32/c70-45-37(61(82)114)49(74)57(53(78)41(45)65(118)86-1-25(102)9-94)90(33(110)13-98)5-29(106)17-122-21-69(22-123-18-30(107)6-91(34(111)14-99)58-50(75)38(62(83)115)46(71)42(54(58)79)66(119)87-2-26(103)10-95,23-124-19-31(108)7-92(35(112)15-100)59-51(76)39(63(84)116)47(72)43(55(59)80)67(120)88-3-27(104)11-96)24-125-20-32(109)8-93(36(113)16-101)60-52(77)40(64(85)117)48(73)44(56(60)81)68(121)89-4-28(105)12-97/h25-32,94-109H,1-24H2,(H2,82,114)(H2,83,115)(H2,84,116)(H2,85,117)(H,86,118)(H,87,119)(H,88,120)(H,89,121). The van der Waals surface area contributed by atoms with E-state index < -0.39 is 283 Å². The van der Waals surface area contributed by atoms with Crippen LogP contribution in [0.2, 0.25) is 0 Å². The highest BCUT2D eigenvalue weighted by Crippen LogP contribution is 2.43. The normalized spacial score (nSPS) is 13.9. The second kappa shape index (κ2) is 55.5. The van der Waals surface area contributed by atoms with Crippen LogP contribution in [0.1, 0.15) is 82.9 Å². The first-order valence-electron chi connectivity index (χ1n) is 35.6. The van der Waals surface area contributed by atoms with Crippen molar-refractivity contribution in [2.45, 2.75) is 48.8 Å². The molecule has 28 N–H and O–H groups in total. The second-order valence-corrected chi connectivity index (χ2v) is 39.6. The summed E-state index contributed by atoms with van der Waals surface area (Å²) in [7, 11) is 0. The molecule has 0 aliphatic heterocycles. The Bertz CT molecular complexity index is 4070. The fraction of sp³-hybridized carbons (Fsp3) is 0.478. The molecule has 0 saturated heterocycles. The number of aliphatic hydroxyl groups is 16. The summed E-state index contributed by atoms with van der Waals surface area (Å²) in [6, 6.07) is 0. The Balaban J connectivity index is 2.05. The van der Waals surface area contributed by atoms with Crippen LogP contribution in [0.15, 0.2) is 0 Å². The third kappa shape index (κ3) is 31.3. The minimum Gasteiger partial charge on any atom is -0.394 e. The molecule has 44 nitrogen and oxygen atoms in total. The number of aliphatic hydroxyl groups excluding tert-OH is 16. The molecule has 0 saturated carbocycles. The van der Waals surface area contributed by atoms with Gasteiger partial charge in [-0.1, -0.05) is 0 Å². The van der Waals surface area contributed by atoms with Gasteiger partial charge in [0.15, 0.2) is 0 Å². The SMILES string of the molecule is NC(=O)c1c(I)c(C(=O)NCC(O)CO)c(I)c(N(CC(O)COCC(COCC(O)CN(C(=O)CO)c2c(I)c(C(N)=O)c(I)c(C(=O)NCC(O)CO)c2I)(COCC(O)CN(C(=O)CO)c2c(I)c(C(N)=O)c(I)c(C(=O)NCC(O)CO)c2I)COCC(O)CN(C(=O)CO)c2c(I)c(C(N)=O)c(I)c(C(=O)NCC(O)CO)c2I)C(=O)CO)c1I. The van der Waals surface area contributed by atoms with E-state index in [9.17, 15) is 139 Å². The van der Waals surface area contributed by atoms with E-state index in [1.54, 1.807) is 271 Å². The van der Waals surface area contributed by atoms with Gasteiger partial charge < -0.3 is 164 Å². The van der Waals surface area contributed by atoms with Crippen LogP contribution in [0.25, 0.3) is 0 Å². The van der Waals surface area contributed by atoms with Gasteiger partial charge in [0.2, 0.25) is 0 Å². The Morgan fingerprint density at radius 1 is 0.272 bits per heavy atom. The topological polar surface area (TPSA) is 731 Å². The van der Waals surface area contributed by atoms with Gasteiger partial charge in [0.25, 0.3) is 70.9 Å². The number of hydrogen-bond acceptors (Lipinski definition) is 32. The van der Waals surface area contributed by atoms with Crippen LogP contribution in [0.4, 0.5) is 22.7 Å². The van der Waals surface area contributed by atoms with E-state index in [2.05, 4.69) is 21.3 Å². The minimum absolute atomic E-state index is 0.0441. The van der Waals surface area contributed by atoms with Crippen molar-refractivity contribution in [1.82, 2.24) is 21.3 Å². The molecular weight excluding hydrogens is 3030 g/mol. The number of carbonyl (C=O) groups excluding carboxylic acids is 12. The number of anilines is 4. The lowest BCUT2D eigenvalue weighted by Crippen LogP contribution is -2.47. The fourth-order valence-corrected chi connectivity index (χ4v) is 30.3. The highest BCUT2D eigenvalue weighted by molar-refractivity contribution is 14.1. The maximum atomic E-state index is 14.0. The van der Waals surface area contributed by atoms with Gasteiger partial charge in [-0.25, -0.2) is 0 Å². The van der Waals surface area contributed by atoms with Crippen LogP contribution < -0.4 is 63.8 Å². The molecule has 0 fully saturated rings. The Hall–Kier alpha value is -1.52. The van der Waals surface area contributed by atoms with Crippen molar-refractivity contribution in [3.05, 3.63) is 87.3 Å². The van der Waals surface area contributed by atoms with Crippen molar-refractivity contribution < 1.29 is 158 Å². The van der Waals surface area contributed by atoms with Gasteiger partial charge in [-0.15, -0.1) is 0 Å². The number of rotatable bonds is 52. The molecule has 56 heteroatoms. The van der Waals surface area contributed by atoms with Gasteiger partial charge in [-0.2, -0.15) is 0 Å². The molecule has 4 aromatic rings. The van der Waals surface area contributed by atoms with E-state index in [1.165, 1.54) is 0 Å². The Morgan fingerprint density at radius 3 is 0.576 bits per heavy atom. The van der Waals surface area contributed by atoms with E-state index in [0.717, 1.165) is 19.6 Å². The number of primary amides is 4. The number of carbonyl (C=O) groups is 12. The van der Waals surface area contributed by atoms with Crippen LogP contribution in [0.5, 0.6) is 0 Å². The lowest BCUT2D eigenvalue weighted by molar-refractivity contribution is -0.132. The van der Waals surface area contributed by atoms with E-state index in [4.69, 9.17) is 41.9 Å². The average Bonchev–Trinajstić information content (AvgIpc) is 0.773. The van der Waals surface area contributed by atoms with Crippen LogP contribution >= 0.6 is 271 Å². The number of ether oxygens (including phenoxy) is 4. The third-order valence-electron chi connectivity index (χ3n) is 17.2. The molecule has 0 aromatic heterocycles. The summed E-state index contributed by atoms with van der Waals surface area (Å²) < 4.78 is 24.2.